The molecule has 20 heavy (non-hydrogen) atoms. The van der Waals surface area contributed by atoms with Crippen LogP contribution in [0.15, 0.2) is 41.1 Å². The zero-order valence-corrected chi connectivity index (χ0v) is 10.7. The second kappa shape index (κ2) is 5.34. The van der Waals surface area contributed by atoms with Gasteiger partial charge in [0.05, 0.1) is 13.2 Å². The highest BCUT2D eigenvalue weighted by molar-refractivity contribution is 5.92. The van der Waals surface area contributed by atoms with Crippen LogP contribution in [0, 0.1) is 0 Å². The van der Waals surface area contributed by atoms with E-state index in [2.05, 4.69) is 5.16 Å². The minimum atomic E-state index is -0.244. The van der Waals surface area contributed by atoms with Gasteiger partial charge >= 0.3 is 0 Å². The molecule has 1 atom stereocenters. The first-order valence-corrected chi connectivity index (χ1v) is 6.34. The third-order valence-corrected chi connectivity index (χ3v) is 3.25. The standard InChI is InChI=1S/C14H14N2O4/c17-11-3-1-2-10(8-11)13-9-16(5-7-19-13)14(18)12-4-6-20-15-12/h1-4,6,8,13,17H,5,7,9H2. The normalized spacial score (nSPS) is 19.0. The van der Waals surface area contributed by atoms with Crippen molar-refractivity contribution in [2.75, 3.05) is 19.7 Å². The molecule has 2 aromatic rings. The van der Waals surface area contributed by atoms with Gasteiger partial charge in [-0.05, 0) is 17.7 Å². The first-order chi connectivity index (χ1) is 9.74. The van der Waals surface area contributed by atoms with E-state index in [1.807, 2.05) is 6.07 Å². The van der Waals surface area contributed by atoms with Crippen molar-refractivity contribution in [1.82, 2.24) is 10.1 Å². The van der Waals surface area contributed by atoms with Gasteiger partial charge in [0.1, 0.15) is 18.1 Å². The molecule has 104 valence electrons. The van der Waals surface area contributed by atoms with Gasteiger partial charge < -0.3 is 19.3 Å². The van der Waals surface area contributed by atoms with E-state index in [9.17, 15) is 9.90 Å². The average Bonchev–Trinajstić information content (AvgIpc) is 3.01. The van der Waals surface area contributed by atoms with Crippen molar-refractivity contribution in [2.45, 2.75) is 6.10 Å². The minimum Gasteiger partial charge on any atom is -0.508 e. The summed E-state index contributed by atoms with van der Waals surface area (Å²) in [5.41, 5.74) is 1.14. The summed E-state index contributed by atoms with van der Waals surface area (Å²) in [7, 11) is 0. The molecule has 0 aliphatic carbocycles. The number of carbonyl (C=O) groups is 1. The highest BCUT2D eigenvalue weighted by atomic mass is 16.5. The predicted octanol–water partition coefficient (Wildman–Crippen LogP) is 1.59. The lowest BCUT2D eigenvalue weighted by atomic mass is 10.1. The number of phenolic OH excluding ortho intramolecular Hbond substituents is 1. The van der Waals surface area contributed by atoms with Crippen molar-refractivity contribution in [3.05, 3.63) is 47.9 Å². The van der Waals surface area contributed by atoms with Gasteiger partial charge in [0, 0.05) is 12.6 Å². The van der Waals surface area contributed by atoms with E-state index in [-0.39, 0.29) is 17.8 Å². The Balaban J connectivity index is 1.75. The Morgan fingerprint density at radius 3 is 3.05 bits per heavy atom. The molecule has 3 rings (SSSR count). The van der Waals surface area contributed by atoms with Crippen molar-refractivity contribution >= 4 is 5.91 Å². The number of ether oxygens (including phenoxy) is 1. The molecule has 1 aliphatic rings. The third-order valence-electron chi connectivity index (χ3n) is 3.25. The lowest BCUT2D eigenvalue weighted by molar-refractivity contribution is -0.0231. The molecule has 1 amide bonds. The van der Waals surface area contributed by atoms with Gasteiger partial charge in [-0.15, -0.1) is 0 Å². The molecule has 6 heteroatoms. The van der Waals surface area contributed by atoms with Crippen LogP contribution in [0.4, 0.5) is 0 Å². The Kier molecular flexibility index (Phi) is 3.39. The maximum absolute atomic E-state index is 12.2. The summed E-state index contributed by atoms with van der Waals surface area (Å²) < 4.78 is 10.4. The molecule has 0 bridgehead atoms. The molecule has 1 unspecified atom stereocenters. The molecule has 1 saturated heterocycles. The van der Waals surface area contributed by atoms with Crippen LogP contribution in [0.5, 0.6) is 5.75 Å². The van der Waals surface area contributed by atoms with Gasteiger partial charge in [0.2, 0.25) is 0 Å². The molecule has 1 N–H and O–H groups in total. The predicted molar refractivity (Wildman–Crippen MR) is 69.2 cm³/mol. The van der Waals surface area contributed by atoms with E-state index in [0.717, 1.165) is 5.56 Å². The van der Waals surface area contributed by atoms with Crippen molar-refractivity contribution in [1.29, 1.82) is 0 Å². The van der Waals surface area contributed by atoms with Crippen LogP contribution >= 0.6 is 0 Å². The number of benzene rings is 1. The van der Waals surface area contributed by atoms with E-state index in [1.165, 1.54) is 6.26 Å². The van der Waals surface area contributed by atoms with Crippen LogP contribution in [-0.4, -0.2) is 40.8 Å². The van der Waals surface area contributed by atoms with Gasteiger partial charge in [-0.25, -0.2) is 0 Å². The van der Waals surface area contributed by atoms with Crippen LogP contribution in [0.1, 0.15) is 22.2 Å². The molecular weight excluding hydrogens is 260 g/mol. The molecule has 0 saturated carbocycles. The number of rotatable bonds is 2. The fourth-order valence-corrected chi connectivity index (χ4v) is 2.25. The molecular formula is C14H14N2O4. The molecule has 1 aromatic carbocycles. The number of aromatic nitrogens is 1. The molecule has 2 heterocycles. The fourth-order valence-electron chi connectivity index (χ4n) is 2.25. The third kappa shape index (κ3) is 2.50. The van der Waals surface area contributed by atoms with Gasteiger partial charge in [-0.1, -0.05) is 17.3 Å². The summed E-state index contributed by atoms with van der Waals surface area (Å²) in [6.07, 6.45) is 1.13. The van der Waals surface area contributed by atoms with Gasteiger partial charge in [-0.2, -0.15) is 0 Å². The Bertz CT molecular complexity index is 597. The van der Waals surface area contributed by atoms with Crippen LogP contribution < -0.4 is 0 Å². The SMILES string of the molecule is O=C(c1ccon1)N1CCOC(c2cccc(O)c2)C1. The molecule has 1 fully saturated rings. The average molecular weight is 274 g/mol. The van der Waals surface area contributed by atoms with Gasteiger partial charge in [-0.3, -0.25) is 4.79 Å². The van der Waals surface area contributed by atoms with E-state index in [1.54, 1.807) is 29.2 Å². The maximum Gasteiger partial charge on any atom is 0.276 e. The lowest BCUT2D eigenvalue weighted by Crippen LogP contribution is -2.42. The maximum atomic E-state index is 12.2. The number of phenols is 1. The summed E-state index contributed by atoms with van der Waals surface area (Å²) >= 11 is 0. The number of carbonyl (C=O) groups excluding carboxylic acids is 1. The number of nitrogens with zero attached hydrogens (tertiary/aromatic N) is 2. The lowest BCUT2D eigenvalue weighted by Gasteiger charge is -2.32. The van der Waals surface area contributed by atoms with Crippen LogP contribution in [0.2, 0.25) is 0 Å². The molecule has 0 radical (unpaired) electrons. The topological polar surface area (TPSA) is 75.8 Å². The summed E-state index contributed by atoms with van der Waals surface area (Å²) in [6, 6.07) is 8.42. The Morgan fingerprint density at radius 2 is 2.30 bits per heavy atom. The zero-order chi connectivity index (χ0) is 13.9. The van der Waals surface area contributed by atoms with E-state index in [4.69, 9.17) is 9.26 Å². The summed E-state index contributed by atoms with van der Waals surface area (Å²) in [5.74, 6) is 0.0123. The highest BCUT2D eigenvalue weighted by Gasteiger charge is 2.27. The van der Waals surface area contributed by atoms with E-state index < -0.39 is 0 Å². The van der Waals surface area contributed by atoms with Crippen molar-refractivity contribution < 1.29 is 19.2 Å². The van der Waals surface area contributed by atoms with Gasteiger partial charge in [0.25, 0.3) is 5.91 Å². The van der Waals surface area contributed by atoms with Crippen molar-refractivity contribution in [3.8, 4) is 5.75 Å². The van der Waals surface area contributed by atoms with E-state index in [0.29, 0.717) is 25.4 Å². The first-order valence-electron chi connectivity index (χ1n) is 6.34. The largest absolute Gasteiger partial charge is 0.508 e. The quantitative estimate of drug-likeness (QED) is 0.900. The highest BCUT2D eigenvalue weighted by Crippen LogP contribution is 2.25. The minimum absolute atomic E-state index is 0.174. The zero-order valence-electron chi connectivity index (χ0n) is 10.7. The summed E-state index contributed by atoms with van der Waals surface area (Å²) in [6.45, 7) is 1.39. The summed E-state index contributed by atoms with van der Waals surface area (Å²) in [4.78, 5) is 13.9. The monoisotopic (exact) mass is 274 g/mol. The smallest absolute Gasteiger partial charge is 0.276 e. The molecule has 1 aliphatic heterocycles. The van der Waals surface area contributed by atoms with Crippen LogP contribution in [-0.2, 0) is 4.74 Å². The molecule has 6 nitrogen and oxygen atoms in total. The second-order valence-electron chi connectivity index (χ2n) is 4.59. The first kappa shape index (κ1) is 12.7. The van der Waals surface area contributed by atoms with E-state index >= 15 is 0 Å². The van der Waals surface area contributed by atoms with Crippen LogP contribution in [0.3, 0.4) is 0 Å². The Hall–Kier alpha value is -2.34. The number of hydrogen-bond donors (Lipinski definition) is 1. The molecule has 0 spiro atoms. The number of aromatic hydroxyl groups is 1. The number of amides is 1. The van der Waals surface area contributed by atoms with Gasteiger partial charge in [0.15, 0.2) is 5.69 Å². The van der Waals surface area contributed by atoms with Crippen molar-refractivity contribution in [3.63, 3.8) is 0 Å². The second-order valence-corrected chi connectivity index (χ2v) is 4.59. The van der Waals surface area contributed by atoms with Crippen LogP contribution in [0.25, 0.3) is 0 Å². The molecule has 1 aromatic heterocycles. The Morgan fingerprint density at radius 1 is 1.40 bits per heavy atom. The van der Waals surface area contributed by atoms with Crippen molar-refractivity contribution in [2.24, 2.45) is 0 Å². The Labute approximate surface area is 115 Å². The number of hydrogen-bond acceptors (Lipinski definition) is 5. The fraction of sp³-hybridized carbons (Fsp3) is 0.286. The number of morpholine rings is 1. The summed E-state index contributed by atoms with van der Waals surface area (Å²) in [5, 5.41) is 13.2.